The molecule has 0 unspecified atom stereocenters. The van der Waals surface area contributed by atoms with Crippen LogP contribution in [0.4, 0.5) is 0 Å². The second-order valence-electron chi connectivity index (χ2n) is 22.5. The first-order valence-corrected chi connectivity index (χ1v) is 28.7. The van der Waals surface area contributed by atoms with E-state index >= 15 is 0 Å². The fourth-order valence-electron chi connectivity index (χ4n) is 14.2. The molecule has 0 saturated heterocycles. The molecule has 388 valence electrons. The number of rotatable bonds is 4. The molecule has 0 N–H and O–H groups in total. The second kappa shape index (κ2) is 17.2. The van der Waals surface area contributed by atoms with Gasteiger partial charge in [0, 0.05) is 59.8 Å². The van der Waals surface area contributed by atoms with Crippen LogP contribution in [0, 0.1) is 0 Å². The SMILES string of the molecule is c1cc2ccc3ccc(-c4ccc5oc6c(-c7cccc8c7oc7ccccc78)cccc6c5c4)c4ccc(c1)c2c34.c1cc2ccc3ccc(-c4ccc5oc6ccc(-c7cccc8c7oc7ccccc78)cc6c5c4)c4ccc(c1)c2c34. The highest BCUT2D eigenvalue weighted by Gasteiger charge is 2.21. The Morgan fingerprint density at radius 2 is 0.488 bits per heavy atom. The van der Waals surface area contributed by atoms with Crippen LogP contribution in [0.2, 0.25) is 0 Å². The number of hydrogen-bond acceptors (Lipinski definition) is 4. The summed E-state index contributed by atoms with van der Waals surface area (Å²) in [6, 6.07) is 95.5. The fourth-order valence-corrected chi connectivity index (χ4v) is 14.2. The van der Waals surface area contributed by atoms with Gasteiger partial charge in [0.15, 0.2) is 0 Å². The van der Waals surface area contributed by atoms with Crippen LogP contribution in [-0.4, -0.2) is 0 Å². The molecule has 4 nitrogen and oxygen atoms in total. The molecular weight excluding hydrogens is 1020 g/mol. The maximum absolute atomic E-state index is 6.59. The third-order valence-electron chi connectivity index (χ3n) is 18.1. The molecule has 4 heteroatoms. The van der Waals surface area contributed by atoms with E-state index in [1.54, 1.807) is 0 Å². The van der Waals surface area contributed by atoms with Crippen LogP contribution in [-0.2, 0) is 0 Å². The topological polar surface area (TPSA) is 52.6 Å². The van der Waals surface area contributed by atoms with Crippen LogP contribution >= 0.6 is 0 Å². The summed E-state index contributed by atoms with van der Waals surface area (Å²) in [5.74, 6) is 0. The summed E-state index contributed by atoms with van der Waals surface area (Å²) in [6.07, 6.45) is 0. The Balaban J connectivity index is 0.000000124. The molecule has 20 rings (SSSR count). The number of para-hydroxylation sites is 5. The molecule has 0 spiro atoms. The molecule has 16 aromatic carbocycles. The van der Waals surface area contributed by atoms with Gasteiger partial charge in [-0.1, -0.05) is 218 Å². The van der Waals surface area contributed by atoms with Gasteiger partial charge in [-0.05, 0) is 141 Å². The summed E-state index contributed by atoms with van der Waals surface area (Å²) in [7, 11) is 0. The maximum Gasteiger partial charge on any atom is 0.143 e. The first-order valence-electron chi connectivity index (χ1n) is 28.7. The molecular formula is C80H44O4. The maximum atomic E-state index is 6.59. The molecule has 0 bridgehead atoms. The summed E-state index contributed by atoms with van der Waals surface area (Å²) in [5, 5.41) is 24.6. The van der Waals surface area contributed by atoms with Gasteiger partial charge in [0.25, 0.3) is 0 Å². The average molecular weight is 1070 g/mol. The van der Waals surface area contributed by atoms with Crippen LogP contribution < -0.4 is 0 Å². The normalized spacial score (nSPS) is 12.3. The summed E-state index contributed by atoms with van der Waals surface area (Å²) in [5.41, 5.74) is 16.3. The van der Waals surface area contributed by atoms with Crippen LogP contribution in [0.25, 0.3) is 197 Å². The molecule has 4 aromatic heterocycles. The van der Waals surface area contributed by atoms with Crippen molar-refractivity contribution in [2.24, 2.45) is 0 Å². The van der Waals surface area contributed by atoms with E-state index in [9.17, 15) is 0 Å². The summed E-state index contributed by atoms with van der Waals surface area (Å²) in [4.78, 5) is 0. The standard InChI is InChI=1S/2C40H22O2/c1-2-13-35-28(8-1)30-9-4-10-31(39(30)41-35)32-11-5-12-33-34-22-26(18-21-36(34)42-40(32)33)27-19-16-25-15-14-23-6-3-7-24-17-20-29(27)38(25)37(23)24;1-2-10-35-30(7-1)32-9-4-8-29(40(32)42-35)27-16-20-37-34(22-27)33-21-26(15-19-36(33)41-37)28-17-13-25-12-11-23-5-3-6-24-14-18-31(28)39(25)38(23)24/h2*1-22H. The minimum absolute atomic E-state index is 0.882. The molecule has 0 radical (unpaired) electrons. The summed E-state index contributed by atoms with van der Waals surface area (Å²) >= 11 is 0. The van der Waals surface area contributed by atoms with E-state index in [0.29, 0.717) is 0 Å². The van der Waals surface area contributed by atoms with Gasteiger partial charge in [-0.3, -0.25) is 0 Å². The molecule has 84 heavy (non-hydrogen) atoms. The van der Waals surface area contributed by atoms with E-state index in [2.05, 4.69) is 243 Å². The summed E-state index contributed by atoms with van der Waals surface area (Å²) < 4.78 is 25.7. The lowest BCUT2D eigenvalue weighted by Crippen LogP contribution is -1.87. The molecule has 4 heterocycles. The predicted octanol–water partition coefficient (Wildman–Crippen LogP) is 23.4. The third kappa shape index (κ3) is 6.53. The van der Waals surface area contributed by atoms with Gasteiger partial charge >= 0.3 is 0 Å². The molecule has 0 aliphatic heterocycles. The zero-order chi connectivity index (χ0) is 54.7. The first kappa shape index (κ1) is 45.5. The van der Waals surface area contributed by atoms with Crippen LogP contribution in [0.15, 0.2) is 285 Å². The van der Waals surface area contributed by atoms with Crippen molar-refractivity contribution in [2.45, 2.75) is 0 Å². The van der Waals surface area contributed by atoms with Crippen molar-refractivity contribution in [3.05, 3.63) is 267 Å². The lowest BCUT2D eigenvalue weighted by molar-refractivity contribution is 0.665. The highest BCUT2D eigenvalue weighted by atomic mass is 16.3. The second-order valence-corrected chi connectivity index (χ2v) is 22.5. The van der Waals surface area contributed by atoms with E-state index in [0.717, 1.165) is 110 Å². The fraction of sp³-hybridized carbons (Fsp3) is 0. The molecule has 0 fully saturated rings. The smallest absolute Gasteiger partial charge is 0.143 e. The molecule has 0 atom stereocenters. The quantitative estimate of drug-likeness (QED) is 0.165. The Kier molecular flexibility index (Phi) is 9.30. The predicted molar refractivity (Wildman–Crippen MR) is 351 cm³/mol. The van der Waals surface area contributed by atoms with Crippen molar-refractivity contribution >= 4 is 152 Å². The molecule has 20 aromatic rings. The van der Waals surface area contributed by atoms with Gasteiger partial charge in [0.05, 0.1) is 0 Å². The molecule has 0 aliphatic carbocycles. The van der Waals surface area contributed by atoms with E-state index in [4.69, 9.17) is 17.7 Å². The van der Waals surface area contributed by atoms with Crippen molar-refractivity contribution < 1.29 is 17.7 Å². The van der Waals surface area contributed by atoms with Crippen molar-refractivity contribution in [1.29, 1.82) is 0 Å². The van der Waals surface area contributed by atoms with Gasteiger partial charge in [0.1, 0.15) is 44.7 Å². The highest BCUT2D eigenvalue weighted by Crippen LogP contribution is 2.46. The van der Waals surface area contributed by atoms with Gasteiger partial charge in [-0.25, -0.2) is 0 Å². The van der Waals surface area contributed by atoms with E-state index in [1.165, 1.54) is 86.9 Å². The minimum Gasteiger partial charge on any atom is -0.456 e. The van der Waals surface area contributed by atoms with Gasteiger partial charge < -0.3 is 17.7 Å². The van der Waals surface area contributed by atoms with E-state index in [1.807, 2.05) is 24.3 Å². The van der Waals surface area contributed by atoms with Gasteiger partial charge in [-0.15, -0.1) is 0 Å². The number of fused-ring (bicyclic) bond motifs is 12. The monoisotopic (exact) mass is 1070 g/mol. The zero-order valence-corrected chi connectivity index (χ0v) is 45.0. The van der Waals surface area contributed by atoms with Crippen LogP contribution in [0.5, 0.6) is 0 Å². The number of benzene rings is 16. The first-order chi connectivity index (χ1) is 41.6. The average Bonchev–Trinajstić information content (AvgIpc) is 2.39. The number of hydrogen-bond donors (Lipinski definition) is 0. The third-order valence-corrected chi connectivity index (χ3v) is 18.1. The Bertz CT molecular complexity index is 5930. The Hall–Kier alpha value is -11.2. The van der Waals surface area contributed by atoms with Crippen molar-refractivity contribution in [2.75, 3.05) is 0 Å². The Labute approximate surface area is 478 Å². The summed E-state index contributed by atoms with van der Waals surface area (Å²) in [6.45, 7) is 0. The molecule has 0 amide bonds. The van der Waals surface area contributed by atoms with Gasteiger partial charge in [0.2, 0.25) is 0 Å². The van der Waals surface area contributed by atoms with Crippen molar-refractivity contribution in [1.82, 2.24) is 0 Å². The van der Waals surface area contributed by atoms with E-state index < -0.39 is 0 Å². The van der Waals surface area contributed by atoms with Crippen LogP contribution in [0.3, 0.4) is 0 Å². The Morgan fingerprint density at radius 1 is 0.167 bits per heavy atom. The molecule has 0 aliphatic rings. The van der Waals surface area contributed by atoms with E-state index in [-0.39, 0.29) is 0 Å². The Morgan fingerprint density at radius 3 is 0.964 bits per heavy atom. The van der Waals surface area contributed by atoms with Crippen LogP contribution in [0.1, 0.15) is 0 Å². The zero-order valence-electron chi connectivity index (χ0n) is 45.0. The van der Waals surface area contributed by atoms with Crippen molar-refractivity contribution in [3.8, 4) is 44.5 Å². The lowest BCUT2D eigenvalue weighted by atomic mass is 9.89. The number of furan rings is 4. The van der Waals surface area contributed by atoms with Gasteiger partial charge in [-0.2, -0.15) is 0 Å². The molecule has 0 saturated carbocycles. The van der Waals surface area contributed by atoms with Crippen molar-refractivity contribution in [3.63, 3.8) is 0 Å². The largest absolute Gasteiger partial charge is 0.456 e. The lowest BCUT2D eigenvalue weighted by Gasteiger charge is -2.14. The highest BCUT2D eigenvalue weighted by molar-refractivity contribution is 6.27. The minimum atomic E-state index is 0.882.